The van der Waals surface area contributed by atoms with E-state index in [4.69, 9.17) is 9.97 Å². The first kappa shape index (κ1) is 21.1. The van der Waals surface area contributed by atoms with Crippen molar-refractivity contribution < 1.29 is 5.11 Å². The highest BCUT2D eigenvalue weighted by molar-refractivity contribution is 9.10. The van der Waals surface area contributed by atoms with Crippen LogP contribution in [0.5, 0.6) is 0 Å². The lowest BCUT2D eigenvalue weighted by Crippen LogP contribution is -2.47. The summed E-state index contributed by atoms with van der Waals surface area (Å²) in [6.07, 6.45) is 0. The Morgan fingerprint density at radius 3 is 2.52 bits per heavy atom. The second-order valence-electron chi connectivity index (χ2n) is 7.22. The number of nitrogens with zero attached hydrogens (tertiary/aromatic N) is 4. The van der Waals surface area contributed by atoms with E-state index in [1.165, 1.54) is 20.7 Å². The number of aryl methyl sites for hydroxylation is 2. The van der Waals surface area contributed by atoms with Gasteiger partial charge in [0.1, 0.15) is 16.5 Å². The van der Waals surface area contributed by atoms with Gasteiger partial charge in [0, 0.05) is 47.0 Å². The molecule has 3 aromatic rings. The summed E-state index contributed by atoms with van der Waals surface area (Å²) in [6.45, 7) is 9.09. The van der Waals surface area contributed by atoms with Gasteiger partial charge in [0.2, 0.25) is 0 Å². The highest BCUT2D eigenvalue weighted by Crippen LogP contribution is 2.36. The zero-order valence-electron chi connectivity index (χ0n) is 16.7. The molecule has 8 heteroatoms. The lowest BCUT2D eigenvalue weighted by Gasteiger charge is -2.35. The molecule has 0 radical (unpaired) electrons. The van der Waals surface area contributed by atoms with Crippen LogP contribution in [0.4, 0.5) is 5.82 Å². The van der Waals surface area contributed by atoms with E-state index in [1.54, 1.807) is 23.1 Å². The molecular weight excluding hydrogens is 468 g/mol. The number of aliphatic hydroxyl groups is 1. The molecule has 0 unspecified atom stereocenters. The third-order valence-electron chi connectivity index (χ3n) is 5.33. The zero-order valence-corrected chi connectivity index (χ0v) is 19.9. The smallest absolute Gasteiger partial charge is 0.142 e. The molecule has 0 spiro atoms. The summed E-state index contributed by atoms with van der Waals surface area (Å²) < 4.78 is 1.09. The lowest BCUT2D eigenvalue weighted by atomic mass is 10.2. The number of aliphatic hydroxyl groups excluding tert-OH is 1. The van der Waals surface area contributed by atoms with Gasteiger partial charge in [-0.3, -0.25) is 4.90 Å². The van der Waals surface area contributed by atoms with Gasteiger partial charge in [-0.2, -0.15) is 0 Å². The number of halogens is 1. The molecule has 154 valence electrons. The molecule has 0 atom stereocenters. The number of thiophene rings is 1. The molecule has 0 bridgehead atoms. The van der Waals surface area contributed by atoms with E-state index in [0.29, 0.717) is 0 Å². The van der Waals surface area contributed by atoms with Crippen LogP contribution >= 0.6 is 39.0 Å². The predicted molar refractivity (Wildman–Crippen MR) is 126 cm³/mol. The van der Waals surface area contributed by atoms with Crippen molar-refractivity contribution in [2.75, 3.05) is 44.2 Å². The Balaban J connectivity index is 1.60. The molecule has 5 nitrogen and oxygen atoms in total. The van der Waals surface area contributed by atoms with E-state index in [1.807, 2.05) is 0 Å². The largest absolute Gasteiger partial charge is 0.395 e. The van der Waals surface area contributed by atoms with Gasteiger partial charge in [0.15, 0.2) is 0 Å². The molecule has 1 saturated heterocycles. The number of thioether (sulfide) groups is 1. The van der Waals surface area contributed by atoms with Gasteiger partial charge < -0.3 is 10.0 Å². The van der Waals surface area contributed by atoms with Gasteiger partial charge in [0.05, 0.1) is 17.7 Å². The average molecular weight is 493 g/mol. The number of piperazine rings is 1. The second-order valence-corrected chi connectivity index (χ2v) is 10.4. The van der Waals surface area contributed by atoms with Crippen molar-refractivity contribution in [1.29, 1.82) is 0 Å². The Morgan fingerprint density at radius 1 is 1.10 bits per heavy atom. The quantitative estimate of drug-likeness (QED) is 0.512. The van der Waals surface area contributed by atoms with Gasteiger partial charge >= 0.3 is 0 Å². The maximum absolute atomic E-state index is 9.21. The summed E-state index contributed by atoms with van der Waals surface area (Å²) in [5.74, 6) is 2.72. The standard InChI is InChI=1S/C21H25BrN4OS2/c1-14-15(2)29-21-19(14)20(26-9-7-25(8-10-26)11-12-27)23-18(24-21)13-28-17-5-3-16(22)4-6-17/h3-6,27H,7-13H2,1-2H3. The van der Waals surface area contributed by atoms with Crippen molar-refractivity contribution in [2.24, 2.45) is 0 Å². The molecule has 1 aliphatic heterocycles. The third-order valence-corrected chi connectivity index (χ3v) is 7.96. The van der Waals surface area contributed by atoms with Crippen molar-refractivity contribution >= 4 is 55.1 Å². The highest BCUT2D eigenvalue weighted by atomic mass is 79.9. The summed E-state index contributed by atoms with van der Waals surface area (Å²) in [4.78, 5) is 18.2. The Kier molecular flexibility index (Phi) is 6.76. The summed E-state index contributed by atoms with van der Waals surface area (Å²) in [7, 11) is 0. The lowest BCUT2D eigenvalue weighted by molar-refractivity contribution is 0.188. The third kappa shape index (κ3) is 4.77. The highest BCUT2D eigenvalue weighted by Gasteiger charge is 2.23. The van der Waals surface area contributed by atoms with Crippen molar-refractivity contribution in [1.82, 2.24) is 14.9 Å². The van der Waals surface area contributed by atoms with Crippen molar-refractivity contribution in [3.05, 3.63) is 45.0 Å². The maximum atomic E-state index is 9.21. The first-order valence-corrected chi connectivity index (χ1v) is 12.4. The van der Waals surface area contributed by atoms with E-state index in [-0.39, 0.29) is 6.61 Å². The number of anilines is 1. The second kappa shape index (κ2) is 9.31. The van der Waals surface area contributed by atoms with E-state index in [2.05, 4.69) is 63.8 Å². The van der Waals surface area contributed by atoms with Crippen LogP contribution in [-0.4, -0.2) is 59.3 Å². The molecule has 1 aliphatic rings. The molecular formula is C21H25BrN4OS2. The minimum absolute atomic E-state index is 0.220. The molecule has 0 amide bonds. The number of aromatic nitrogens is 2. The number of fused-ring (bicyclic) bond motifs is 1. The molecule has 0 saturated carbocycles. The number of rotatable bonds is 6. The summed E-state index contributed by atoms with van der Waals surface area (Å²) in [5, 5.41) is 10.4. The van der Waals surface area contributed by atoms with Crippen LogP contribution in [0.25, 0.3) is 10.2 Å². The van der Waals surface area contributed by atoms with Crippen LogP contribution in [0.2, 0.25) is 0 Å². The average Bonchev–Trinajstić information content (AvgIpc) is 3.01. The molecule has 1 aromatic carbocycles. The van der Waals surface area contributed by atoms with Crippen molar-refractivity contribution in [2.45, 2.75) is 24.5 Å². The SMILES string of the molecule is Cc1sc2nc(CSc3ccc(Br)cc3)nc(N3CCN(CCO)CC3)c2c1C. The van der Waals surface area contributed by atoms with Gasteiger partial charge in [-0.05, 0) is 43.7 Å². The van der Waals surface area contributed by atoms with Crippen LogP contribution in [0.3, 0.4) is 0 Å². The van der Waals surface area contributed by atoms with E-state index in [9.17, 15) is 5.11 Å². The van der Waals surface area contributed by atoms with Gasteiger partial charge in [0.25, 0.3) is 0 Å². The number of hydrogen-bond acceptors (Lipinski definition) is 7. The fourth-order valence-corrected chi connectivity index (χ4v) is 5.63. The molecule has 0 aliphatic carbocycles. The Hall–Kier alpha value is -1.19. The molecule has 29 heavy (non-hydrogen) atoms. The minimum Gasteiger partial charge on any atom is -0.395 e. The van der Waals surface area contributed by atoms with Crippen LogP contribution in [0.1, 0.15) is 16.3 Å². The normalized spacial score (nSPS) is 15.4. The number of hydrogen-bond donors (Lipinski definition) is 1. The monoisotopic (exact) mass is 492 g/mol. The maximum Gasteiger partial charge on any atom is 0.142 e. The Labute approximate surface area is 188 Å². The van der Waals surface area contributed by atoms with Crippen LogP contribution in [0, 0.1) is 13.8 Å². The molecule has 1 N–H and O–H groups in total. The predicted octanol–water partition coefficient (Wildman–Crippen LogP) is 4.48. The van der Waals surface area contributed by atoms with Crippen LogP contribution in [-0.2, 0) is 5.75 Å². The van der Waals surface area contributed by atoms with Crippen molar-refractivity contribution in [3.63, 3.8) is 0 Å². The molecule has 1 fully saturated rings. The first-order valence-electron chi connectivity index (χ1n) is 9.78. The van der Waals surface area contributed by atoms with E-state index in [0.717, 1.165) is 59.4 Å². The van der Waals surface area contributed by atoms with Gasteiger partial charge in [-0.25, -0.2) is 9.97 Å². The van der Waals surface area contributed by atoms with Gasteiger partial charge in [-0.15, -0.1) is 23.1 Å². The Bertz CT molecular complexity index is 985. The summed E-state index contributed by atoms with van der Waals surface area (Å²) in [6, 6.07) is 8.37. The topological polar surface area (TPSA) is 52.5 Å². The number of benzene rings is 1. The van der Waals surface area contributed by atoms with E-state index < -0.39 is 0 Å². The zero-order chi connectivity index (χ0) is 20.4. The fourth-order valence-electron chi connectivity index (χ4n) is 3.57. The van der Waals surface area contributed by atoms with E-state index >= 15 is 0 Å². The summed E-state index contributed by atoms with van der Waals surface area (Å²) in [5.41, 5.74) is 1.30. The van der Waals surface area contributed by atoms with Crippen LogP contribution in [0.15, 0.2) is 33.6 Å². The molecule has 4 rings (SSSR count). The fraction of sp³-hybridized carbons (Fsp3) is 0.429. The molecule has 3 heterocycles. The molecule has 2 aromatic heterocycles. The first-order chi connectivity index (χ1) is 14.0. The minimum atomic E-state index is 0.220. The van der Waals surface area contributed by atoms with Gasteiger partial charge in [-0.1, -0.05) is 15.9 Å². The number of β-amino-alcohol motifs (C(OH)–C–C–N with tert-alkyl or cyclic N) is 1. The summed E-state index contributed by atoms with van der Waals surface area (Å²) >= 11 is 7.02. The van der Waals surface area contributed by atoms with Crippen molar-refractivity contribution in [3.8, 4) is 0 Å². The van der Waals surface area contributed by atoms with Crippen LogP contribution < -0.4 is 4.90 Å². The Morgan fingerprint density at radius 2 is 1.83 bits per heavy atom.